The molecule has 9 rings (SSSR count). The van der Waals surface area contributed by atoms with Crippen molar-refractivity contribution in [1.29, 1.82) is 0 Å². The Bertz CT molecular complexity index is 1980. The SMILES string of the molecule is Cc1c[nH]c2c(O)cc3c(c12)[C@H](CCl)CN3C(=O)C12CC(C(=O)N3C[C@@H](CCl)c4c3cc(NC(=O)[C@H](C)N)c3ccccc43)(C1)C2. The Kier molecular flexibility index (Phi) is 6.50. The summed E-state index contributed by atoms with van der Waals surface area (Å²) in [6.45, 7) is 4.50. The van der Waals surface area contributed by atoms with E-state index in [4.69, 9.17) is 28.9 Å². The van der Waals surface area contributed by atoms with Crippen molar-refractivity contribution in [3.05, 3.63) is 59.3 Å². The van der Waals surface area contributed by atoms with E-state index in [1.807, 2.05) is 48.4 Å². The van der Waals surface area contributed by atoms with Gasteiger partial charge in [0.15, 0.2) is 0 Å². The second-order valence-corrected chi connectivity index (χ2v) is 14.5. The Balaban J connectivity index is 1.09. The zero-order chi connectivity index (χ0) is 32.3. The summed E-state index contributed by atoms with van der Waals surface area (Å²) in [7, 11) is 0. The molecular formula is C35H35Cl2N5O4. The van der Waals surface area contributed by atoms with Crippen LogP contribution in [0.1, 0.15) is 54.7 Å². The monoisotopic (exact) mass is 659 g/mol. The number of aromatic nitrogens is 1. The molecule has 3 amide bonds. The van der Waals surface area contributed by atoms with Gasteiger partial charge < -0.3 is 30.9 Å². The van der Waals surface area contributed by atoms with Gasteiger partial charge in [0.25, 0.3) is 0 Å². The first kappa shape index (κ1) is 29.6. The normalized spacial score (nSPS) is 26.5. The van der Waals surface area contributed by atoms with Gasteiger partial charge in [-0.1, -0.05) is 24.3 Å². The molecule has 4 aromatic rings. The highest BCUT2D eigenvalue weighted by molar-refractivity contribution is 6.20. The lowest BCUT2D eigenvalue weighted by atomic mass is 9.34. The predicted octanol–water partition coefficient (Wildman–Crippen LogP) is 5.83. The van der Waals surface area contributed by atoms with Crippen LogP contribution in [0, 0.1) is 17.8 Å². The summed E-state index contributed by atoms with van der Waals surface area (Å²) < 4.78 is 0. The molecule has 3 atom stereocenters. The molecule has 3 aromatic carbocycles. The van der Waals surface area contributed by atoms with Gasteiger partial charge in [-0.25, -0.2) is 0 Å². The third-order valence-corrected chi connectivity index (χ3v) is 11.6. The minimum atomic E-state index is -0.695. The molecule has 2 aliphatic heterocycles. The highest BCUT2D eigenvalue weighted by Crippen LogP contribution is 2.75. The fraction of sp³-hybridized carbons (Fsp3) is 0.400. The molecule has 0 saturated heterocycles. The highest BCUT2D eigenvalue weighted by atomic mass is 35.5. The fourth-order valence-electron chi connectivity index (χ4n) is 8.77. The number of aromatic hydroxyl groups is 1. The number of nitrogens with zero attached hydrogens (tertiary/aromatic N) is 2. The van der Waals surface area contributed by atoms with Crippen molar-refractivity contribution in [2.24, 2.45) is 16.6 Å². The van der Waals surface area contributed by atoms with Crippen LogP contribution in [-0.4, -0.2) is 58.7 Å². The topological polar surface area (TPSA) is 132 Å². The third-order valence-electron chi connectivity index (χ3n) is 10.9. The third kappa shape index (κ3) is 3.88. The van der Waals surface area contributed by atoms with E-state index >= 15 is 0 Å². The Labute approximate surface area is 276 Å². The number of hydrogen-bond acceptors (Lipinski definition) is 5. The van der Waals surface area contributed by atoms with Gasteiger partial charge in [-0.2, -0.15) is 0 Å². The summed E-state index contributed by atoms with van der Waals surface area (Å²) in [5, 5.41) is 16.5. The number of phenols is 1. The van der Waals surface area contributed by atoms with E-state index in [2.05, 4.69) is 10.3 Å². The van der Waals surface area contributed by atoms with Gasteiger partial charge in [0.1, 0.15) is 5.75 Å². The maximum atomic E-state index is 14.4. The lowest BCUT2D eigenvalue weighted by molar-refractivity contribution is -0.204. The summed E-state index contributed by atoms with van der Waals surface area (Å²) in [6, 6.07) is 10.7. The lowest BCUT2D eigenvalue weighted by Gasteiger charge is -2.69. The molecule has 3 heterocycles. The zero-order valence-electron chi connectivity index (χ0n) is 25.6. The van der Waals surface area contributed by atoms with Crippen molar-refractivity contribution < 1.29 is 19.5 Å². The van der Waals surface area contributed by atoms with Crippen LogP contribution in [0.15, 0.2) is 42.6 Å². The summed E-state index contributed by atoms with van der Waals surface area (Å²) in [5.41, 5.74) is 10.3. The smallest absolute Gasteiger partial charge is 0.241 e. The van der Waals surface area contributed by atoms with Crippen molar-refractivity contribution in [2.75, 3.05) is 40.0 Å². The molecule has 5 N–H and O–H groups in total. The summed E-state index contributed by atoms with van der Waals surface area (Å²) in [6.07, 6.45) is 3.30. The van der Waals surface area contributed by atoms with Crippen molar-refractivity contribution in [3.63, 3.8) is 0 Å². The molecule has 5 aliphatic rings. The van der Waals surface area contributed by atoms with E-state index in [-0.39, 0.29) is 35.3 Å². The number of phenolic OH excluding ortho intramolecular Hbond substituents is 1. The number of benzene rings is 3. The molecule has 3 saturated carbocycles. The van der Waals surface area contributed by atoms with E-state index in [1.165, 1.54) is 0 Å². The first-order chi connectivity index (χ1) is 22.0. The van der Waals surface area contributed by atoms with Crippen LogP contribution in [0.5, 0.6) is 5.75 Å². The first-order valence-electron chi connectivity index (χ1n) is 15.7. The van der Waals surface area contributed by atoms with E-state index < -0.39 is 16.9 Å². The molecule has 0 spiro atoms. The van der Waals surface area contributed by atoms with Crippen molar-refractivity contribution in [2.45, 2.75) is 51.0 Å². The number of aryl methyl sites for hydroxylation is 1. The number of amides is 3. The molecule has 2 bridgehead atoms. The maximum absolute atomic E-state index is 14.4. The second-order valence-electron chi connectivity index (χ2n) is 13.9. The quantitative estimate of drug-likeness (QED) is 0.193. The number of anilines is 3. The average Bonchev–Trinajstić information content (AvgIpc) is 3.68. The Morgan fingerprint density at radius 1 is 0.978 bits per heavy atom. The van der Waals surface area contributed by atoms with E-state index in [0.717, 1.165) is 38.5 Å². The molecule has 3 fully saturated rings. The number of rotatable bonds is 6. The van der Waals surface area contributed by atoms with Crippen LogP contribution in [0.3, 0.4) is 0 Å². The van der Waals surface area contributed by atoms with E-state index in [9.17, 15) is 19.5 Å². The van der Waals surface area contributed by atoms with Crippen molar-refractivity contribution in [3.8, 4) is 5.75 Å². The summed E-state index contributed by atoms with van der Waals surface area (Å²) in [4.78, 5) is 48.0. The van der Waals surface area contributed by atoms with Gasteiger partial charge >= 0.3 is 0 Å². The molecule has 0 unspecified atom stereocenters. The number of hydrogen-bond donors (Lipinski definition) is 4. The van der Waals surface area contributed by atoms with Crippen LogP contribution < -0.4 is 20.9 Å². The number of aromatic amines is 1. The molecular weight excluding hydrogens is 625 g/mol. The average molecular weight is 661 g/mol. The minimum Gasteiger partial charge on any atom is -0.506 e. The Morgan fingerprint density at radius 3 is 2.13 bits per heavy atom. The second kappa shape index (κ2) is 10.1. The van der Waals surface area contributed by atoms with Gasteiger partial charge in [0.05, 0.1) is 33.8 Å². The number of carbonyl (C=O) groups excluding carboxylic acids is 3. The van der Waals surface area contributed by atoms with Crippen LogP contribution >= 0.6 is 23.2 Å². The molecule has 11 heteroatoms. The molecule has 238 valence electrons. The minimum absolute atomic E-state index is 0.00134. The van der Waals surface area contributed by atoms with Crippen LogP contribution in [0.25, 0.3) is 21.7 Å². The zero-order valence-corrected chi connectivity index (χ0v) is 27.1. The summed E-state index contributed by atoms with van der Waals surface area (Å²) >= 11 is 12.9. The molecule has 9 nitrogen and oxygen atoms in total. The van der Waals surface area contributed by atoms with Crippen LogP contribution in [0.2, 0.25) is 0 Å². The number of halogens is 2. The molecule has 46 heavy (non-hydrogen) atoms. The first-order valence-corrected chi connectivity index (χ1v) is 16.8. The predicted molar refractivity (Wildman–Crippen MR) is 181 cm³/mol. The van der Waals surface area contributed by atoms with E-state index in [1.54, 1.807) is 17.9 Å². The van der Waals surface area contributed by atoms with Crippen LogP contribution in [0.4, 0.5) is 17.1 Å². The number of nitrogens with two attached hydrogens (primary N) is 1. The largest absolute Gasteiger partial charge is 0.506 e. The van der Waals surface area contributed by atoms with Gasteiger partial charge in [-0.3, -0.25) is 14.4 Å². The maximum Gasteiger partial charge on any atom is 0.241 e. The van der Waals surface area contributed by atoms with Gasteiger partial charge in [0.2, 0.25) is 17.7 Å². The fourth-order valence-corrected chi connectivity index (χ4v) is 9.28. The van der Waals surface area contributed by atoms with E-state index in [0.29, 0.717) is 61.0 Å². The van der Waals surface area contributed by atoms with Crippen LogP contribution in [-0.2, 0) is 14.4 Å². The lowest BCUT2D eigenvalue weighted by Crippen LogP contribution is -2.73. The molecule has 0 radical (unpaired) electrons. The molecule has 1 aromatic heterocycles. The van der Waals surface area contributed by atoms with Crippen molar-refractivity contribution in [1.82, 2.24) is 4.98 Å². The standard InChI is InChI=1S/C35H35Cl2N5O4/c1-17-11-39-30-26(43)8-25-29(27(17)30)20(10-37)13-42(25)33(46)35-14-34(15-35,16-35)32(45)41-12-19(9-36)28-22-6-4-3-5-21(22)23(7-24(28)41)40-31(44)18(2)38/h3-8,11,18-20,39,43H,9-10,12-16,38H2,1-2H3,(H,40,44)/t18-,19+,20+,34?,35?/m0/s1. The van der Waals surface area contributed by atoms with Gasteiger partial charge in [-0.05, 0) is 61.3 Å². The number of carbonyl (C=O) groups is 3. The highest BCUT2D eigenvalue weighted by Gasteiger charge is 2.76. The number of alkyl halides is 2. The number of fused-ring (bicyclic) bond motifs is 6. The van der Waals surface area contributed by atoms with Crippen molar-refractivity contribution >= 4 is 79.7 Å². The Morgan fingerprint density at radius 2 is 1.54 bits per heavy atom. The number of H-pyrrole nitrogens is 1. The van der Waals surface area contributed by atoms with Gasteiger partial charge in [-0.15, -0.1) is 23.2 Å². The summed E-state index contributed by atoms with van der Waals surface area (Å²) in [5.74, 6) is 0.365. The number of nitrogens with one attached hydrogen (secondary N) is 2. The molecule has 3 aliphatic carbocycles. The Hall–Kier alpha value is -3.79. The van der Waals surface area contributed by atoms with Gasteiger partial charge in [0, 0.05) is 65.4 Å².